The summed E-state index contributed by atoms with van der Waals surface area (Å²) in [5, 5.41) is 0. The van der Waals surface area contributed by atoms with Crippen LogP contribution in [0.15, 0.2) is 72.8 Å². The minimum Gasteiger partial charge on any atom is -0.494 e. The van der Waals surface area contributed by atoms with Crippen LogP contribution < -0.4 is 14.5 Å². The standard InChI is InChI=1S/C26H24N2O5S/c1-3-33-21-13-11-20(12-14-21)28-24(29)17-34(31,32)26(28)22-9-4-5-10-23(22)27(25(26)30)16-19-8-6-7-18(2)15-19/h4-15H,3,16-17H2,1-2H3/t26-/m1/s1. The largest absolute Gasteiger partial charge is 0.494 e. The van der Waals surface area contributed by atoms with Crippen molar-refractivity contribution in [2.24, 2.45) is 0 Å². The second kappa shape index (κ2) is 7.99. The van der Waals surface area contributed by atoms with Gasteiger partial charge in [-0.25, -0.2) is 8.42 Å². The van der Waals surface area contributed by atoms with Gasteiger partial charge in [-0.05, 0) is 49.7 Å². The summed E-state index contributed by atoms with van der Waals surface area (Å²) in [6, 6.07) is 21.1. The Hall–Kier alpha value is -3.65. The van der Waals surface area contributed by atoms with E-state index < -0.39 is 32.3 Å². The lowest BCUT2D eigenvalue weighted by Gasteiger charge is -2.32. The van der Waals surface area contributed by atoms with Crippen LogP contribution >= 0.6 is 0 Å². The van der Waals surface area contributed by atoms with Crippen molar-refractivity contribution in [2.75, 3.05) is 22.2 Å². The number of carbonyl (C=O) groups is 2. The van der Waals surface area contributed by atoms with Crippen molar-refractivity contribution in [3.63, 3.8) is 0 Å². The first-order chi connectivity index (χ1) is 16.3. The lowest BCUT2D eigenvalue weighted by Crippen LogP contribution is -2.54. The van der Waals surface area contributed by atoms with E-state index in [1.807, 2.05) is 38.1 Å². The lowest BCUT2D eigenvalue weighted by molar-refractivity contribution is -0.123. The second-order valence-corrected chi connectivity index (χ2v) is 10.6. The van der Waals surface area contributed by atoms with Crippen molar-refractivity contribution in [3.8, 4) is 5.75 Å². The highest BCUT2D eigenvalue weighted by molar-refractivity contribution is 7.94. The quantitative estimate of drug-likeness (QED) is 0.562. The molecule has 1 fully saturated rings. The van der Waals surface area contributed by atoms with Crippen LogP contribution in [-0.4, -0.2) is 32.6 Å². The van der Waals surface area contributed by atoms with Gasteiger partial charge in [0.2, 0.25) is 5.91 Å². The minimum atomic E-state index is -4.20. The van der Waals surface area contributed by atoms with Gasteiger partial charge in [0.05, 0.1) is 18.8 Å². The summed E-state index contributed by atoms with van der Waals surface area (Å²) < 4.78 is 32.8. The van der Waals surface area contributed by atoms with Gasteiger partial charge in [0.15, 0.2) is 9.84 Å². The molecule has 0 unspecified atom stereocenters. The number of aryl methyl sites for hydroxylation is 1. The molecule has 2 heterocycles. The second-order valence-electron chi connectivity index (χ2n) is 8.46. The molecule has 2 amide bonds. The molecule has 174 valence electrons. The predicted octanol–water partition coefficient (Wildman–Crippen LogP) is 3.55. The number of para-hydroxylation sites is 1. The van der Waals surface area contributed by atoms with E-state index in [1.165, 1.54) is 4.90 Å². The van der Waals surface area contributed by atoms with Gasteiger partial charge < -0.3 is 9.64 Å². The predicted molar refractivity (Wildman–Crippen MR) is 129 cm³/mol. The van der Waals surface area contributed by atoms with E-state index in [0.717, 1.165) is 16.0 Å². The van der Waals surface area contributed by atoms with Gasteiger partial charge >= 0.3 is 0 Å². The maximum atomic E-state index is 14.1. The summed E-state index contributed by atoms with van der Waals surface area (Å²) in [4.78, 5) is 27.8. The molecule has 3 aromatic rings. The van der Waals surface area contributed by atoms with Gasteiger partial charge in [0, 0.05) is 11.3 Å². The number of rotatable bonds is 5. The number of ether oxygens (including phenoxy) is 1. The number of fused-ring (bicyclic) bond motifs is 2. The summed E-state index contributed by atoms with van der Waals surface area (Å²) in [7, 11) is -4.20. The van der Waals surface area contributed by atoms with E-state index in [9.17, 15) is 18.0 Å². The molecule has 0 bridgehead atoms. The summed E-state index contributed by atoms with van der Waals surface area (Å²) in [6.07, 6.45) is 0. The third-order valence-electron chi connectivity index (χ3n) is 6.25. The maximum Gasteiger partial charge on any atom is 0.274 e. The number of hydrogen-bond donors (Lipinski definition) is 0. The Morgan fingerprint density at radius 2 is 1.71 bits per heavy atom. The Balaban J connectivity index is 1.68. The molecule has 1 atom stereocenters. The van der Waals surface area contributed by atoms with E-state index in [1.54, 1.807) is 48.5 Å². The third kappa shape index (κ3) is 3.13. The van der Waals surface area contributed by atoms with Crippen molar-refractivity contribution < 1.29 is 22.7 Å². The molecule has 8 heteroatoms. The first-order valence-corrected chi connectivity index (χ1v) is 12.7. The highest BCUT2D eigenvalue weighted by Gasteiger charge is 2.69. The Bertz CT molecular complexity index is 1400. The first kappa shape index (κ1) is 22.2. The van der Waals surface area contributed by atoms with Gasteiger partial charge in [0.1, 0.15) is 11.5 Å². The molecule has 0 aromatic heterocycles. The number of benzene rings is 3. The van der Waals surface area contributed by atoms with Gasteiger partial charge in [-0.15, -0.1) is 0 Å². The zero-order valence-corrected chi connectivity index (χ0v) is 19.7. The van der Waals surface area contributed by atoms with Crippen molar-refractivity contribution in [2.45, 2.75) is 25.3 Å². The average molecular weight is 477 g/mol. The van der Waals surface area contributed by atoms with Gasteiger partial charge in [-0.1, -0.05) is 48.0 Å². The summed E-state index contributed by atoms with van der Waals surface area (Å²) in [6.45, 7) is 4.48. The highest BCUT2D eigenvalue weighted by atomic mass is 32.2. The zero-order valence-electron chi connectivity index (χ0n) is 18.9. The molecule has 34 heavy (non-hydrogen) atoms. The normalized spacial score (nSPS) is 20.8. The van der Waals surface area contributed by atoms with Crippen LogP contribution in [0.25, 0.3) is 0 Å². The molecule has 1 spiro atoms. The molecule has 5 rings (SSSR count). The van der Waals surface area contributed by atoms with Crippen LogP contribution in [0.2, 0.25) is 0 Å². The van der Waals surface area contributed by atoms with Crippen LogP contribution in [0, 0.1) is 6.92 Å². The average Bonchev–Trinajstić information content (AvgIpc) is 3.17. The van der Waals surface area contributed by atoms with Gasteiger partial charge in [-0.2, -0.15) is 0 Å². The molecule has 2 aliphatic heterocycles. The van der Waals surface area contributed by atoms with Crippen LogP contribution in [0.3, 0.4) is 0 Å². The Labute approximate surface area is 198 Å². The summed E-state index contributed by atoms with van der Waals surface area (Å²) in [5.41, 5.74) is 3.02. The van der Waals surface area contributed by atoms with Gasteiger partial charge in [-0.3, -0.25) is 14.5 Å². The van der Waals surface area contributed by atoms with Crippen molar-refractivity contribution in [1.82, 2.24) is 0 Å². The number of carbonyl (C=O) groups excluding carboxylic acids is 2. The molecule has 0 radical (unpaired) electrons. The van der Waals surface area contributed by atoms with Crippen LogP contribution in [0.4, 0.5) is 11.4 Å². The van der Waals surface area contributed by atoms with E-state index in [2.05, 4.69) is 0 Å². The summed E-state index contributed by atoms with van der Waals surface area (Å²) >= 11 is 0. The Morgan fingerprint density at radius 3 is 2.41 bits per heavy atom. The monoisotopic (exact) mass is 476 g/mol. The fourth-order valence-corrected chi connectivity index (χ4v) is 6.93. The lowest BCUT2D eigenvalue weighted by atomic mass is 10.0. The topological polar surface area (TPSA) is 84.0 Å². The number of amides is 2. The molecule has 0 N–H and O–H groups in total. The van der Waals surface area contributed by atoms with Crippen molar-refractivity contribution in [1.29, 1.82) is 0 Å². The molecule has 0 saturated carbocycles. The van der Waals surface area contributed by atoms with Crippen LogP contribution in [0.5, 0.6) is 5.75 Å². The maximum absolute atomic E-state index is 14.1. The molecule has 7 nitrogen and oxygen atoms in total. The number of sulfone groups is 1. The smallest absolute Gasteiger partial charge is 0.274 e. The highest BCUT2D eigenvalue weighted by Crippen LogP contribution is 2.52. The first-order valence-electron chi connectivity index (χ1n) is 11.0. The van der Waals surface area contributed by atoms with Crippen molar-refractivity contribution in [3.05, 3.63) is 89.5 Å². The van der Waals surface area contributed by atoms with E-state index >= 15 is 0 Å². The van der Waals surface area contributed by atoms with E-state index in [-0.39, 0.29) is 6.54 Å². The molecule has 3 aromatic carbocycles. The van der Waals surface area contributed by atoms with Gasteiger partial charge in [0.25, 0.3) is 10.8 Å². The molecular formula is C26H24N2O5S. The number of hydrogen-bond acceptors (Lipinski definition) is 5. The van der Waals surface area contributed by atoms with Crippen LogP contribution in [0.1, 0.15) is 23.6 Å². The molecular weight excluding hydrogens is 452 g/mol. The SMILES string of the molecule is CCOc1ccc(N2C(=O)CS(=O)(=O)[C@]23C(=O)N(Cc2cccc(C)c2)c2ccccc23)cc1. The van der Waals surface area contributed by atoms with E-state index in [0.29, 0.717) is 29.3 Å². The van der Waals surface area contributed by atoms with Crippen LogP contribution in [-0.2, 0) is 30.8 Å². The molecule has 2 aliphatic rings. The van der Waals surface area contributed by atoms with E-state index in [4.69, 9.17) is 4.74 Å². The van der Waals surface area contributed by atoms with Crippen molar-refractivity contribution >= 4 is 33.0 Å². The number of anilines is 2. The molecule has 0 aliphatic carbocycles. The molecule has 1 saturated heterocycles. The Kier molecular flexibility index (Phi) is 5.20. The number of nitrogens with zero attached hydrogens (tertiary/aromatic N) is 2. The minimum absolute atomic E-state index is 0.195. The fraction of sp³-hybridized carbons (Fsp3) is 0.231. The summed E-state index contributed by atoms with van der Waals surface area (Å²) in [5.74, 6) is -1.42. The zero-order chi connectivity index (χ0) is 24.1. The third-order valence-corrected chi connectivity index (χ3v) is 8.36. The fourth-order valence-electron chi connectivity index (χ4n) is 4.90. The Morgan fingerprint density at radius 1 is 0.971 bits per heavy atom.